The molecule has 0 aliphatic heterocycles. The second-order valence-electron chi connectivity index (χ2n) is 6.19. The van der Waals surface area contributed by atoms with Gasteiger partial charge in [0.2, 0.25) is 0 Å². The summed E-state index contributed by atoms with van der Waals surface area (Å²) < 4.78 is 1.74. The molecule has 2 aromatic rings. The summed E-state index contributed by atoms with van der Waals surface area (Å²) in [7, 11) is 0. The molecule has 7 heteroatoms. The molecule has 2 N–H and O–H groups in total. The number of carbonyl (C=O) groups excluding carboxylic acids is 2. The Kier molecular flexibility index (Phi) is 7.61. The lowest BCUT2D eigenvalue weighted by Gasteiger charge is -2.06. The van der Waals surface area contributed by atoms with Crippen LogP contribution in [0.2, 0.25) is 5.15 Å². The molecule has 0 unspecified atom stereocenters. The van der Waals surface area contributed by atoms with Crippen molar-refractivity contribution in [3.63, 3.8) is 0 Å². The lowest BCUT2D eigenvalue weighted by molar-refractivity contribution is -0.117. The number of hydrazine groups is 1. The molecule has 0 spiro atoms. The fourth-order valence-corrected chi connectivity index (χ4v) is 2.82. The highest BCUT2D eigenvalue weighted by atomic mass is 35.5. The van der Waals surface area contributed by atoms with Crippen molar-refractivity contribution in [3.8, 4) is 0 Å². The molecular weight excluding hydrogens is 364 g/mol. The van der Waals surface area contributed by atoms with Gasteiger partial charge in [-0.3, -0.25) is 25.1 Å². The molecule has 0 saturated heterocycles. The number of aryl methyl sites for hydroxylation is 3. The molecule has 0 radical (unpaired) electrons. The molecule has 144 valence electrons. The van der Waals surface area contributed by atoms with Gasteiger partial charge in [0, 0.05) is 23.7 Å². The van der Waals surface area contributed by atoms with Crippen LogP contribution in [0, 0.1) is 6.92 Å². The number of hydrogen-bond acceptors (Lipinski definition) is 3. The summed E-state index contributed by atoms with van der Waals surface area (Å²) >= 11 is 6.33. The van der Waals surface area contributed by atoms with E-state index in [-0.39, 0.29) is 5.91 Å². The number of rotatable bonds is 7. The number of halogens is 1. The first-order valence-electron chi connectivity index (χ1n) is 9.06. The zero-order valence-corrected chi connectivity index (χ0v) is 16.6. The normalized spacial score (nSPS) is 11.0. The molecule has 0 bridgehead atoms. The third-order valence-corrected chi connectivity index (χ3v) is 4.56. The smallest absolute Gasteiger partial charge is 0.268 e. The Balaban J connectivity index is 1.93. The Morgan fingerprint density at radius 1 is 1.19 bits per heavy atom. The van der Waals surface area contributed by atoms with Crippen molar-refractivity contribution in [2.45, 2.75) is 46.6 Å². The predicted octanol–water partition coefficient (Wildman–Crippen LogP) is 3.68. The lowest BCUT2D eigenvalue weighted by Crippen LogP contribution is -2.40. The molecule has 0 fully saturated rings. The first-order chi connectivity index (χ1) is 13.0. The van der Waals surface area contributed by atoms with Crippen molar-refractivity contribution in [2.75, 3.05) is 0 Å². The van der Waals surface area contributed by atoms with Gasteiger partial charge in [-0.15, -0.1) is 0 Å². The number of benzene rings is 1. The molecule has 6 nitrogen and oxygen atoms in total. The molecule has 0 aliphatic carbocycles. The summed E-state index contributed by atoms with van der Waals surface area (Å²) in [4.78, 5) is 24.0. The number of nitrogens with one attached hydrogen (secondary N) is 2. The van der Waals surface area contributed by atoms with Crippen molar-refractivity contribution in [2.24, 2.45) is 0 Å². The fraction of sp³-hybridized carbons (Fsp3) is 0.350. The van der Waals surface area contributed by atoms with Crippen molar-refractivity contribution in [1.82, 2.24) is 20.6 Å². The highest BCUT2D eigenvalue weighted by Crippen LogP contribution is 2.21. The SMILES string of the molecule is CCCCn1nc(C)c(/C=C/C(=O)NNC(=O)c2ccc(CC)cc2)c1Cl. The molecule has 27 heavy (non-hydrogen) atoms. The Bertz CT molecular complexity index is 825. The maximum Gasteiger partial charge on any atom is 0.269 e. The third-order valence-electron chi connectivity index (χ3n) is 4.16. The van der Waals surface area contributed by atoms with E-state index >= 15 is 0 Å². The minimum atomic E-state index is -0.453. The van der Waals surface area contributed by atoms with Gasteiger partial charge in [-0.05, 0) is 43.5 Å². The average Bonchev–Trinajstić information content (AvgIpc) is 2.95. The molecule has 0 saturated carbocycles. The summed E-state index contributed by atoms with van der Waals surface area (Å²) in [6.07, 6.45) is 5.85. The Morgan fingerprint density at radius 2 is 1.89 bits per heavy atom. The average molecular weight is 389 g/mol. The van der Waals surface area contributed by atoms with Crippen LogP contribution in [0.1, 0.15) is 53.9 Å². The van der Waals surface area contributed by atoms with Crippen LogP contribution in [-0.4, -0.2) is 21.6 Å². The van der Waals surface area contributed by atoms with Gasteiger partial charge in [-0.2, -0.15) is 5.10 Å². The van der Waals surface area contributed by atoms with Gasteiger partial charge in [0.1, 0.15) is 5.15 Å². The highest BCUT2D eigenvalue weighted by molar-refractivity contribution is 6.31. The monoisotopic (exact) mass is 388 g/mol. The number of carbonyl (C=O) groups is 2. The molecule has 0 atom stereocenters. The number of amides is 2. The van der Waals surface area contributed by atoms with Gasteiger partial charge in [-0.25, -0.2) is 0 Å². The molecule has 2 amide bonds. The van der Waals surface area contributed by atoms with Gasteiger partial charge in [-0.1, -0.05) is 44.0 Å². The number of aromatic nitrogens is 2. The highest BCUT2D eigenvalue weighted by Gasteiger charge is 2.11. The van der Waals surface area contributed by atoms with Crippen molar-refractivity contribution >= 4 is 29.5 Å². The fourth-order valence-electron chi connectivity index (χ4n) is 2.50. The van der Waals surface area contributed by atoms with E-state index < -0.39 is 5.91 Å². The van der Waals surface area contributed by atoms with Gasteiger partial charge < -0.3 is 0 Å². The lowest BCUT2D eigenvalue weighted by atomic mass is 10.1. The van der Waals surface area contributed by atoms with E-state index in [9.17, 15) is 9.59 Å². The van der Waals surface area contributed by atoms with E-state index in [1.54, 1.807) is 22.9 Å². The Labute approximate surface area is 164 Å². The summed E-state index contributed by atoms with van der Waals surface area (Å²) in [6, 6.07) is 7.23. The molecule has 1 aromatic carbocycles. The summed E-state index contributed by atoms with van der Waals surface area (Å²) in [5.41, 5.74) is 7.83. The van der Waals surface area contributed by atoms with Crippen molar-refractivity contribution in [3.05, 3.63) is 57.9 Å². The van der Waals surface area contributed by atoms with Gasteiger partial charge in [0.05, 0.1) is 5.69 Å². The van der Waals surface area contributed by atoms with Gasteiger partial charge in [0.25, 0.3) is 11.8 Å². The van der Waals surface area contributed by atoms with Gasteiger partial charge in [0.15, 0.2) is 0 Å². The molecular formula is C20H25ClN4O2. The maximum atomic E-state index is 12.1. The van der Waals surface area contributed by atoms with E-state index in [2.05, 4.69) is 22.9 Å². The summed E-state index contributed by atoms with van der Waals surface area (Å²) in [5, 5.41) is 4.89. The zero-order chi connectivity index (χ0) is 19.8. The number of nitrogens with zero attached hydrogens (tertiary/aromatic N) is 2. The van der Waals surface area contributed by atoms with E-state index in [4.69, 9.17) is 11.6 Å². The van der Waals surface area contributed by atoms with Crippen LogP contribution in [-0.2, 0) is 17.8 Å². The molecule has 2 rings (SSSR count). The minimum absolute atomic E-state index is 0.374. The van der Waals surface area contributed by atoms with Crippen LogP contribution in [0.4, 0.5) is 0 Å². The molecule has 1 aromatic heterocycles. The van der Waals surface area contributed by atoms with Crippen LogP contribution in [0.25, 0.3) is 6.08 Å². The van der Waals surface area contributed by atoms with Crippen LogP contribution in [0.3, 0.4) is 0 Å². The molecule has 1 heterocycles. The largest absolute Gasteiger partial charge is 0.269 e. The maximum absolute atomic E-state index is 12.1. The molecule has 0 aliphatic rings. The van der Waals surface area contributed by atoms with Crippen molar-refractivity contribution < 1.29 is 9.59 Å². The van der Waals surface area contributed by atoms with Crippen LogP contribution in [0.5, 0.6) is 0 Å². The first kappa shape index (κ1) is 20.7. The van der Waals surface area contributed by atoms with Gasteiger partial charge >= 0.3 is 0 Å². The van der Waals surface area contributed by atoms with E-state index in [0.29, 0.717) is 16.3 Å². The second kappa shape index (κ2) is 9.92. The third kappa shape index (κ3) is 5.69. The van der Waals surface area contributed by atoms with E-state index in [1.807, 2.05) is 26.0 Å². The number of unbranched alkanes of at least 4 members (excludes halogenated alkanes) is 1. The topological polar surface area (TPSA) is 76.0 Å². The van der Waals surface area contributed by atoms with E-state index in [0.717, 1.165) is 37.1 Å². The van der Waals surface area contributed by atoms with Crippen LogP contribution in [0.15, 0.2) is 30.3 Å². The Hall–Kier alpha value is -2.60. The quantitative estimate of drug-likeness (QED) is 0.561. The minimum Gasteiger partial charge on any atom is -0.268 e. The summed E-state index contributed by atoms with van der Waals surface area (Å²) in [6.45, 7) is 6.72. The Morgan fingerprint density at radius 3 is 2.52 bits per heavy atom. The standard InChI is InChI=1S/C20H25ClN4O2/c1-4-6-13-25-19(21)17(14(3)24-25)11-12-18(26)22-23-20(27)16-9-7-15(5-2)8-10-16/h7-12H,4-6,13H2,1-3H3,(H,22,26)(H,23,27)/b12-11+. The second-order valence-corrected chi connectivity index (χ2v) is 6.55. The number of hydrogen-bond donors (Lipinski definition) is 2. The summed E-state index contributed by atoms with van der Waals surface area (Å²) in [5.74, 6) is -0.827. The van der Waals surface area contributed by atoms with E-state index in [1.165, 1.54) is 6.08 Å². The van der Waals surface area contributed by atoms with Crippen LogP contribution < -0.4 is 10.9 Å². The predicted molar refractivity (Wildman–Crippen MR) is 107 cm³/mol. The zero-order valence-electron chi connectivity index (χ0n) is 15.9. The van der Waals surface area contributed by atoms with Crippen molar-refractivity contribution in [1.29, 1.82) is 0 Å². The van der Waals surface area contributed by atoms with Crippen LogP contribution >= 0.6 is 11.6 Å². The first-order valence-corrected chi connectivity index (χ1v) is 9.44.